The quantitative estimate of drug-likeness (QED) is 0.245. The van der Waals surface area contributed by atoms with E-state index in [-0.39, 0.29) is 29.6 Å². The van der Waals surface area contributed by atoms with Crippen LogP contribution in [0, 0.1) is 17.8 Å². The molecule has 186 valence electrons. The van der Waals surface area contributed by atoms with Gasteiger partial charge in [-0.2, -0.15) is 0 Å². The predicted molar refractivity (Wildman–Crippen MR) is 139 cm³/mol. The number of carbonyl (C=O) groups excluding carboxylic acids is 3. The molecule has 1 amide bonds. The molecule has 7 rings (SSSR count). The molecule has 6 nitrogen and oxygen atoms in total. The topological polar surface area (TPSA) is 88.3 Å². The number of aromatic amines is 1. The lowest BCUT2D eigenvalue weighted by molar-refractivity contribution is -0.124. The van der Waals surface area contributed by atoms with Gasteiger partial charge in [0.25, 0.3) is 0 Å². The number of fused-ring (bicyclic) bond motifs is 1. The molecule has 2 N–H and O–H groups in total. The highest BCUT2D eigenvalue weighted by molar-refractivity contribution is 8.00. The predicted octanol–water partition coefficient (Wildman–Crippen LogP) is 5.38. The largest absolute Gasteiger partial charge is 0.454 e. The minimum absolute atomic E-state index is 0.0202. The van der Waals surface area contributed by atoms with Crippen LogP contribution in [-0.2, 0) is 9.53 Å². The molecule has 0 aliphatic heterocycles. The zero-order valence-corrected chi connectivity index (χ0v) is 20.9. The van der Waals surface area contributed by atoms with Gasteiger partial charge in [-0.15, -0.1) is 11.8 Å². The summed E-state index contributed by atoms with van der Waals surface area (Å²) in [5.74, 6) is 1.76. The van der Waals surface area contributed by atoms with E-state index in [0.717, 1.165) is 47.9 Å². The number of rotatable bonds is 8. The fraction of sp³-hybridized carbons (Fsp3) is 0.414. The highest BCUT2D eigenvalue weighted by Gasteiger charge is 2.51. The number of esters is 1. The first-order chi connectivity index (χ1) is 17.5. The maximum absolute atomic E-state index is 12.9. The van der Waals surface area contributed by atoms with Crippen LogP contribution in [0.25, 0.3) is 10.9 Å². The Balaban J connectivity index is 1.06. The summed E-state index contributed by atoms with van der Waals surface area (Å²) >= 11 is 1.34. The highest BCUT2D eigenvalue weighted by Crippen LogP contribution is 2.55. The summed E-state index contributed by atoms with van der Waals surface area (Å²) < 4.78 is 5.38. The van der Waals surface area contributed by atoms with E-state index in [0.29, 0.717) is 16.0 Å². The van der Waals surface area contributed by atoms with Gasteiger partial charge in [-0.05, 0) is 74.5 Å². The number of nitrogens with one attached hydrogen (secondary N) is 2. The van der Waals surface area contributed by atoms with Gasteiger partial charge in [-0.25, -0.2) is 4.79 Å². The molecular formula is C29H30N2O4S. The second-order valence-electron chi connectivity index (χ2n) is 10.8. The smallest absolute Gasteiger partial charge is 0.339 e. The average Bonchev–Trinajstić information content (AvgIpc) is 3.29. The van der Waals surface area contributed by atoms with E-state index >= 15 is 0 Å². The Morgan fingerprint density at radius 3 is 2.33 bits per heavy atom. The van der Waals surface area contributed by atoms with Crippen LogP contribution in [0.3, 0.4) is 0 Å². The summed E-state index contributed by atoms with van der Waals surface area (Å²) in [6.07, 6.45) is 8.99. The van der Waals surface area contributed by atoms with Gasteiger partial charge in [-0.1, -0.05) is 30.3 Å². The molecule has 0 spiro atoms. The molecule has 4 fully saturated rings. The second-order valence-corrected chi connectivity index (χ2v) is 11.8. The Morgan fingerprint density at radius 2 is 1.58 bits per heavy atom. The molecule has 1 heterocycles. The first kappa shape index (κ1) is 23.3. The molecule has 2 aromatic carbocycles. The molecule has 0 atom stereocenters. The summed E-state index contributed by atoms with van der Waals surface area (Å²) in [5.41, 5.74) is 1.72. The molecule has 4 aliphatic carbocycles. The number of carbonyl (C=O) groups is 3. The zero-order chi connectivity index (χ0) is 24.7. The summed E-state index contributed by atoms with van der Waals surface area (Å²) in [4.78, 5) is 42.2. The van der Waals surface area contributed by atoms with Gasteiger partial charge >= 0.3 is 5.97 Å². The lowest BCUT2D eigenvalue weighted by Gasteiger charge is -2.56. The Kier molecular flexibility index (Phi) is 6.12. The zero-order valence-electron chi connectivity index (χ0n) is 20.1. The molecular weight excluding hydrogens is 472 g/mol. The number of thioether (sulfide) groups is 1. The van der Waals surface area contributed by atoms with Crippen molar-refractivity contribution in [3.63, 3.8) is 0 Å². The highest BCUT2D eigenvalue weighted by atomic mass is 32.2. The SMILES string of the molecule is O=C(CSc1ccccc1C(=O)OCC(=O)c1c[nH]c2ccccc12)NC12CC3CC(CC(C3)C1)C2. The van der Waals surface area contributed by atoms with Crippen molar-refractivity contribution in [2.45, 2.75) is 49.0 Å². The first-order valence-electron chi connectivity index (χ1n) is 12.8. The van der Waals surface area contributed by atoms with Crippen LogP contribution in [0.5, 0.6) is 0 Å². The van der Waals surface area contributed by atoms with E-state index in [9.17, 15) is 14.4 Å². The molecule has 36 heavy (non-hydrogen) atoms. The third kappa shape index (κ3) is 4.57. The number of aromatic nitrogens is 1. The molecule has 7 heteroatoms. The average molecular weight is 503 g/mol. The van der Waals surface area contributed by atoms with Crippen LogP contribution in [0.2, 0.25) is 0 Å². The Morgan fingerprint density at radius 1 is 0.917 bits per heavy atom. The Hall–Kier alpha value is -3.06. The number of hydrogen-bond acceptors (Lipinski definition) is 5. The minimum Gasteiger partial charge on any atom is -0.454 e. The summed E-state index contributed by atoms with van der Waals surface area (Å²) in [6.45, 7) is -0.341. The summed E-state index contributed by atoms with van der Waals surface area (Å²) in [5, 5.41) is 4.20. The molecule has 0 radical (unpaired) electrons. The summed E-state index contributed by atoms with van der Waals surface area (Å²) in [7, 11) is 0. The number of hydrogen-bond donors (Lipinski definition) is 2. The minimum atomic E-state index is -0.562. The van der Waals surface area contributed by atoms with Crippen LogP contribution in [0.1, 0.15) is 59.2 Å². The standard InChI is InChI=1S/C29H30N2O4S/c32-25(23-15-30-24-7-3-1-5-21(23)24)16-35-28(34)22-6-2-4-8-26(22)36-17-27(33)31-29-12-18-9-19(13-29)11-20(10-18)14-29/h1-8,15,18-20,30H,9-14,16-17H2,(H,31,33). The van der Waals surface area contributed by atoms with Crippen molar-refractivity contribution < 1.29 is 19.1 Å². The fourth-order valence-corrected chi connectivity index (χ4v) is 7.93. The number of para-hydroxylation sites is 1. The first-order valence-corrected chi connectivity index (χ1v) is 13.8. The maximum atomic E-state index is 12.9. The van der Waals surface area contributed by atoms with Crippen LogP contribution >= 0.6 is 11.8 Å². The molecule has 3 aromatic rings. The third-order valence-electron chi connectivity index (χ3n) is 8.13. The van der Waals surface area contributed by atoms with Crippen LogP contribution in [0.4, 0.5) is 0 Å². The number of H-pyrrole nitrogens is 1. The van der Waals surface area contributed by atoms with Crippen molar-refractivity contribution in [3.05, 3.63) is 65.9 Å². The van der Waals surface area contributed by atoms with Gasteiger partial charge in [0.05, 0.1) is 11.3 Å². The van der Waals surface area contributed by atoms with E-state index in [2.05, 4.69) is 10.3 Å². The van der Waals surface area contributed by atoms with Gasteiger partial charge < -0.3 is 15.0 Å². The molecule has 4 aliphatic rings. The van der Waals surface area contributed by atoms with Gasteiger partial charge in [0.15, 0.2) is 6.61 Å². The van der Waals surface area contributed by atoms with Crippen molar-refractivity contribution in [1.82, 2.24) is 10.3 Å². The second kappa shape index (κ2) is 9.43. The molecule has 4 saturated carbocycles. The van der Waals surface area contributed by atoms with Crippen molar-refractivity contribution in [1.29, 1.82) is 0 Å². The van der Waals surface area contributed by atoms with Crippen molar-refractivity contribution >= 4 is 40.3 Å². The Labute approximate surface area is 214 Å². The molecule has 1 aromatic heterocycles. The normalized spacial score (nSPS) is 26.2. The van der Waals surface area contributed by atoms with Crippen LogP contribution in [0.15, 0.2) is 59.6 Å². The van der Waals surface area contributed by atoms with E-state index in [1.807, 2.05) is 36.4 Å². The summed E-state index contributed by atoms with van der Waals surface area (Å²) in [6, 6.07) is 14.6. The van der Waals surface area contributed by atoms with Crippen LogP contribution < -0.4 is 5.32 Å². The molecule has 0 unspecified atom stereocenters. The van der Waals surface area contributed by atoms with Crippen molar-refractivity contribution in [2.75, 3.05) is 12.4 Å². The van der Waals surface area contributed by atoms with Gasteiger partial charge in [0.1, 0.15) is 0 Å². The lowest BCUT2D eigenvalue weighted by Crippen LogP contribution is -2.60. The molecule has 4 bridgehead atoms. The number of ketones is 1. The lowest BCUT2D eigenvalue weighted by atomic mass is 9.53. The van der Waals surface area contributed by atoms with Gasteiger partial charge in [-0.3, -0.25) is 9.59 Å². The number of ether oxygens (including phenoxy) is 1. The Bertz CT molecular complexity index is 1290. The number of Topliss-reactive ketones (excluding diaryl/α,β-unsaturated/α-hetero) is 1. The monoisotopic (exact) mass is 502 g/mol. The van der Waals surface area contributed by atoms with E-state index in [1.54, 1.807) is 18.3 Å². The van der Waals surface area contributed by atoms with Crippen molar-refractivity contribution in [2.24, 2.45) is 17.8 Å². The van der Waals surface area contributed by atoms with E-state index in [4.69, 9.17) is 4.74 Å². The molecule has 0 saturated heterocycles. The number of benzene rings is 2. The van der Waals surface area contributed by atoms with E-state index in [1.165, 1.54) is 31.0 Å². The third-order valence-corrected chi connectivity index (χ3v) is 9.21. The van der Waals surface area contributed by atoms with Gasteiger partial charge in [0.2, 0.25) is 11.7 Å². The van der Waals surface area contributed by atoms with Gasteiger partial charge in [0, 0.05) is 33.1 Å². The van der Waals surface area contributed by atoms with E-state index < -0.39 is 5.97 Å². The fourth-order valence-electron chi connectivity index (χ4n) is 7.09. The maximum Gasteiger partial charge on any atom is 0.339 e. The number of amides is 1. The van der Waals surface area contributed by atoms with Crippen molar-refractivity contribution in [3.8, 4) is 0 Å². The van der Waals surface area contributed by atoms with Crippen LogP contribution in [-0.4, -0.2) is 40.5 Å².